The Hall–Kier alpha value is -2.51. The normalized spacial score (nSPS) is 17.1. The van der Waals surface area contributed by atoms with Crippen LogP contribution in [-0.2, 0) is 17.9 Å². The van der Waals surface area contributed by atoms with Crippen molar-refractivity contribution >= 4 is 21.8 Å². The van der Waals surface area contributed by atoms with Gasteiger partial charge in [-0.05, 0) is 61.7 Å². The molecule has 1 unspecified atom stereocenters. The number of aromatic nitrogens is 2. The maximum absolute atomic E-state index is 12.7. The molecule has 1 aromatic heterocycles. The minimum atomic E-state index is -0.0170. The first-order chi connectivity index (χ1) is 14.6. The number of nitrogens with one attached hydrogen (secondary N) is 1. The van der Waals surface area contributed by atoms with Gasteiger partial charge in [0.15, 0.2) is 0 Å². The van der Waals surface area contributed by atoms with Gasteiger partial charge >= 0.3 is 0 Å². The van der Waals surface area contributed by atoms with Crippen LogP contribution in [0, 0.1) is 12.8 Å². The average Bonchev–Trinajstić information content (AvgIpc) is 3.22. The minimum Gasteiger partial charge on any atom is -0.352 e. The summed E-state index contributed by atoms with van der Waals surface area (Å²) in [7, 11) is 0. The zero-order valence-electron chi connectivity index (χ0n) is 17.0. The van der Waals surface area contributed by atoms with Crippen LogP contribution in [0.2, 0.25) is 0 Å². The largest absolute Gasteiger partial charge is 0.352 e. The van der Waals surface area contributed by atoms with Gasteiger partial charge in [-0.2, -0.15) is 4.98 Å². The first kappa shape index (κ1) is 20.8. The van der Waals surface area contributed by atoms with Gasteiger partial charge < -0.3 is 9.84 Å². The molecule has 1 aliphatic heterocycles. The van der Waals surface area contributed by atoms with Crippen LogP contribution in [-0.4, -0.2) is 34.0 Å². The number of amides is 1. The summed E-state index contributed by atoms with van der Waals surface area (Å²) in [5.41, 5.74) is 3.27. The van der Waals surface area contributed by atoms with Gasteiger partial charge in [0.25, 0.3) is 0 Å². The summed E-state index contributed by atoms with van der Waals surface area (Å²) in [6.45, 7) is 4.83. The van der Waals surface area contributed by atoms with Gasteiger partial charge in [0, 0.05) is 23.1 Å². The molecule has 1 aliphatic rings. The van der Waals surface area contributed by atoms with Gasteiger partial charge in [0.2, 0.25) is 17.6 Å². The lowest BCUT2D eigenvalue weighted by Crippen LogP contribution is -2.42. The second kappa shape index (κ2) is 9.53. The molecule has 0 saturated carbocycles. The van der Waals surface area contributed by atoms with Crippen molar-refractivity contribution in [1.82, 2.24) is 20.4 Å². The highest BCUT2D eigenvalue weighted by atomic mass is 79.9. The fraction of sp³-hybridized carbons (Fsp3) is 0.348. The fourth-order valence-corrected chi connectivity index (χ4v) is 4.04. The number of halogens is 1. The van der Waals surface area contributed by atoms with E-state index >= 15 is 0 Å². The van der Waals surface area contributed by atoms with Gasteiger partial charge in [-0.25, -0.2) is 0 Å². The first-order valence-electron chi connectivity index (χ1n) is 10.2. The van der Waals surface area contributed by atoms with Gasteiger partial charge in [-0.3, -0.25) is 9.69 Å². The number of aryl methyl sites for hydroxylation is 1. The Morgan fingerprint density at radius 3 is 2.83 bits per heavy atom. The number of hydrogen-bond acceptors (Lipinski definition) is 5. The Labute approximate surface area is 184 Å². The van der Waals surface area contributed by atoms with Crippen LogP contribution in [0.25, 0.3) is 11.4 Å². The van der Waals surface area contributed by atoms with Crippen molar-refractivity contribution in [2.75, 3.05) is 13.1 Å². The lowest BCUT2D eigenvalue weighted by atomic mass is 9.97. The second-order valence-electron chi connectivity index (χ2n) is 7.74. The molecule has 6 nitrogen and oxygen atoms in total. The van der Waals surface area contributed by atoms with E-state index in [0.717, 1.165) is 35.0 Å². The number of benzene rings is 2. The Kier molecular flexibility index (Phi) is 6.59. The number of hydrogen-bond donors (Lipinski definition) is 1. The Morgan fingerprint density at radius 1 is 1.23 bits per heavy atom. The predicted octanol–water partition coefficient (Wildman–Crippen LogP) is 4.34. The van der Waals surface area contributed by atoms with E-state index in [1.54, 1.807) is 0 Å². The smallest absolute Gasteiger partial charge is 0.241 e. The van der Waals surface area contributed by atoms with Crippen LogP contribution >= 0.6 is 15.9 Å². The van der Waals surface area contributed by atoms with Crippen molar-refractivity contribution in [3.63, 3.8) is 0 Å². The van der Waals surface area contributed by atoms with Crippen molar-refractivity contribution in [3.8, 4) is 11.4 Å². The maximum Gasteiger partial charge on any atom is 0.241 e. The molecule has 0 aliphatic carbocycles. The summed E-state index contributed by atoms with van der Waals surface area (Å²) in [4.78, 5) is 19.5. The highest BCUT2D eigenvalue weighted by molar-refractivity contribution is 9.10. The molecule has 0 spiro atoms. The molecule has 1 amide bonds. The predicted molar refractivity (Wildman–Crippen MR) is 118 cm³/mol. The second-order valence-corrected chi connectivity index (χ2v) is 8.65. The third-order valence-corrected chi connectivity index (χ3v) is 6.05. The van der Waals surface area contributed by atoms with Gasteiger partial charge in [-0.1, -0.05) is 45.4 Å². The van der Waals surface area contributed by atoms with Gasteiger partial charge in [0.05, 0.1) is 12.5 Å². The summed E-state index contributed by atoms with van der Waals surface area (Å²) in [5.74, 6) is 1.26. The van der Waals surface area contributed by atoms with Crippen LogP contribution in [0.15, 0.2) is 57.5 Å². The third kappa shape index (κ3) is 5.15. The molecule has 7 heteroatoms. The van der Waals surface area contributed by atoms with E-state index < -0.39 is 0 Å². The van der Waals surface area contributed by atoms with Crippen LogP contribution in [0.3, 0.4) is 0 Å². The van der Waals surface area contributed by atoms with Gasteiger partial charge in [-0.15, -0.1) is 0 Å². The number of nitrogens with zero attached hydrogens (tertiary/aromatic N) is 3. The number of carbonyl (C=O) groups is 1. The highest BCUT2D eigenvalue weighted by Gasteiger charge is 2.26. The van der Waals surface area contributed by atoms with E-state index in [2.05, 4.69) is 55.3 Å². The zero-order valence-corrected chi connectivity index (χ0v) is 18.6. The molecule has 1 N–H and O–H groups in total. The molecular weight excluding hydrogens is 444 g/mol. The van der Waals surface area contributed by atoms with E-state index in [1.165, 1.54) is 5.56 Å². The zero-order chi connectivity index (χ0) is 20.9. The summed E-state index contributed by atoms with van der Waals surface area (Å²) in [6, 6.07) is 16.0. The van der Waals surface area contributed by atoms with Crippen LogP contribution in [0.1, 0.15) is 29.9 Å². The fourth-order valence-electron chi connectivity index (χ4n) is 3.77. The van der Waals surface area contributed by atoms with E-state index in [4.69, 9.17) is 4.52 Å². The average molecular weight is 469 g/mol. The van der Waals surface area contributed by atoms with Crippen molar-refractivity contribution in [1.29, 1.82) is 0 Å². The van der Waals surface area contributed by atoms with Crippen LogP contribution in [0.4, 0.5) is 0 Å². The summed E-state index contributed by atoms with van der Waals surface area (Å²) < 4.78 is 6.46. The van der Waals surface area contributed by atoms with E-state index in [1.807, 2.05) is 36.4 Å². The van der Waals surface area contributed by atoms with Crippen molar-refractivity contribution in [3.05, 3.63) is 70.0 Å². The molecule has 0 radical (unpaired) electrons. The van der Waals surface area contributed by atoms with E-state index in [0.29, 0.717) is 31.3 Å². The molecule has 1 fully saturated rings. The quantitative estimate of drug-likeness (QED) is 0.582. The first-order valence-corrected chi connectivity index (χ1v) is 11.0. The molecule has 2 heterocycles. The lowest BCUT2D eigenvalue weighted by molar-refractivity contribution is -0.127. The summed E-state index contributed by atoms with van der Waals surface area (Å²) >= 11 is 3.43. The number of piperidine rings is 1. The highest BCUT2D eigenvalue weighted by Crippen LogP contribution is 2.22. The van der Waals surface area contributed by atoms with Gasteiger partial charge in [0.1, 0.15) is 0 Å². The Bertz CT molecular complexity index is 1000. The molecule has 2 aromatic carbocycles. The van der Waals surface area contributed by atoms with Crippen LogP contribution < -0.4 is 5.32 Å². The molecule has 3 aromatic rings. The molecule has 4 rings (SSSR count). The van der Waals surface area contributed by atoms with E-state index in [-0.39, 0.29) is 11.8 Å². The summed E-state index contributed by atoms with van der Waals surface area (Å²) in [6.07, 6.45) is 1.89. The molecule has 1 atom stereocenters. The SMILES string of the molecule is Cc1ccccc1CNC(=O)C1CCCN(Cc2nc(-c3ccc(Br)cc3)no2)C1. The molecule has 156 valence electrons. The molecular formula is C23H25BrN4O2. The lowest BCUT2D eigenvalue weighted by Gasteiger charge is -2.30. The maximum atomic E-state index is 12.7. The van der Waals surface area contributed by atoms with Crippen molar-refractivity contribution in [2.24, 2.45) is 5.92 Å². The molecule has 30 heavy (non-hydrogen) atoms. The summed E-state index contributed by atoms with van der Waals surface area (Å²) in [5, 5.41) is 7.20. The Morgan fingerprint density at radius 2 is 2.03 bits per heavy atom. The third-order valence-electron chi connectivity index (χ3n) is 5.52. The monoisotopic (exact) mass is 468 g/mol. The van der Waals surface area contributed by atoms with E-state index in [9.17, 15) is 4.79 Å². The minimum absolute atomic E-state index is 0.0170. The standard InChI is InChI=1S/C23H25BrN4O2/c1-16-5-2-3-6-18(16)13-25-23(29)19-7-4-12-28(14-19)15-21-26-22(27-30-21)17-8-10-20(24)11-9-17/h2-3,5-6,8-11,19H,4,7,12-15H2,1H3,(H,25,29). The number of rotatable bonds is 6. The number of likely N-dealkylation sites (tertiary alicyclic amines) is 1. The Balaban J connectivity index is 1.32. The molecule has 0 bridgehead atoms. The van der Waals surface area contributed by atoms with Crippen molar-refractivity contribution < 1.29 is 9.32 Å². The van der Waals surface area contributed by atoms with Crippen molar-refractivity contribution in [2.45, 2.75) is 32.9 Å². The number of carbonyl (C=O) groups excluding carboxylic acids is 1. The molecule has 1 saturated heterocycles. The van der Waals surface area contributed by atoms with Crippen LogP contribution in [0.5, 0.6) is 0 Å². The topological polar surface area (TPSA) is 71.3 Å².